The van der Waals surface area contributed by atoms with Crippen molar-refractivity contribution < 1.29 is 4.79 Å². The number of carbonyl (C=O) groups is 1. The first kappa shape index (κ1) is 17.8. The fraction of sp³-hybridized carbons (Fsp3) is 0.462. The van der Waals surface area contributed by atoms with E-state index in [0.29, 0.717) is 5.02 Å². The number of thiol groups is 1. The van der Waals surface area contributed by atoms with Crippen molar-refractivity contribution in [2.45, 2.75) is 25.7 Å². The van der Waals surface area contributed by atoms with E-state index in [1.807, 2.05) is 6.07 Å². The standard InChI is InChI=1S/C7H5ClOS2.C6H15N/c8-5-2-1-3-6(4-5)11-7(9)10;1-4-7(5-2)6-3/h1-4H,(H,9,10);4-6H2,1-3H3. The van der Waals surface area contributed by atoms with Crippen molar-refractivity contribution in [2.24, 2.45) is 0 Å². The maximum absolute atomic E-state index is 10.5. The smallest absolute Gasteiger partial charge is 0.247 e. The molecule has 0 amide bonds. The van der Waals surface area contributed by atoms with E-state index in [4.69, 9.17) is 11.6 Å². The van der Waals surface area contributed by atoms with Crippen molar-refractivity contribution in [1.82, 2.24) is 4.90 Å². The maximum atomic E-state index is 10.5. The fourth-order valence-electron chi connectivity index (χ4n) is 1.30. The highest BCUT2D eigenvalue weighted by molar-refractivity contribution is 8.32. The van der Waals surface area contributed by atoms with Crippen LogP contribution in [0.4, 0.5) is 4.79 Å². The van der Waals surface area contributed by atoms with Crippen LogP contribution in [0.3, 0.4) is 0 Å². The Balaban J connectivity index is 0.000000360. The molecular formula is C13H20ClNOS2. The number of hydrogen-bond donors (Lipinski definition) is 1. The summed E-state index contributed by atoms with van der Waals surface area (Å²) >= 11 is 10.4. The number of thioether (sulfide) groups is 1. The molecular weight excluding hydrogens is 286 g/mol. The van der Waals surface area contributed by atoms with Gasteiger partial charge in [0.15, 0.2) is 0 Å². The van der Waals surface area contributed by atoms with Gasteiger partial charge in [-0.25, -0.2) is 0 Å². The minimum Gasteiger partial charge on any atom is -0.304 e. The first-order valence-electron chi connectivity index (χ1n) is 5.92. The van der Waals surface area contributed by atoms with Crippen molar-refractivity contribution in [3.63, 3.8) is 0 Å². The molecule has 0 atom stereocenters. The van der Waals surface area contributed by atoms with Gasteiger partial charge in [-0.2, -0.15) is 0 Å². The molecule has 18 heavy (non-hydrogen) atoms. The monoisotopic (exact) mass is 305 g/mol. The van der Waals surface area contributed by atoms with Crippen molar-refractivity contribution >= 4 is 40.4 Å². The highest BCUT2D eigenvalue weighted by atomic mass is 35.5. The summed E-state index contributed by atoms with van der Waals surface area (Å²) in [6.45, 7) is 10.1. The quantitative estimate of drug-likeness (QED) is 0.635. The van der Waals surface area contributed by atoms with E-state index in [1.54, 1.807) is 18.2 Å². The normalized spacial score (nSPS) is 9.89. The number of nitrogens with zero attached hydrogens (tertiary/aromatic N) is 1. The summed E-state index contributed by atoms with van der Waals surface area (Å²) in [5, 5.41) is 0.629. The fourth-order valence-corrected chi connectivity index (χ4v) is 2.41. The molecule has 0 saturated heterocycles. The summed E-state index contributed by atoms with van der Waals surface area (Å²) < 4.78 is -0.229. The molecule has 0 N–H and O–H groups in total. The van der Waals surface area contributed by atoms with Gasteiger partial charge in [0.05, 0.1) is 0 Å². The Morgan fingerprint density at radius 3 is 2.17 bits per heavy atom. The minimum atomic E-state index is -0.229. The van der Waals surface area contributed by atoms with Crippen molar-refractivity contribution in [2.75, 3.05) is 19.6 Å². The first-order chi connectivity index (χ1) is 8.53. The molecule has 0 aromatic heterocycles. The van der Waals surface area contributed by atoms with Crippen LogP contribution in [0.2, 0.25) is 5.02 Å². The molecule has 2 nitrogen and oxygen atoms in total. The van der Waals surface area contributed by atoms with E-state index in [2.05, 4.69) is 38.3 Å². The van der Waals surface area contributed by atoms with E-state index in [9.17, 15) is 4.79 Å². The number of benzene rings is 1. The van der Waals surface area contributed by atoms with Crippen LogP contribution in [0.25, 0.3) is 0 Å². The molecule has 0 saturated carbocycles. The zero-order valence-electron chi connectivity index (χ0n) is 11.0. The number of hydrogen-bond acceptors (Lipinski definition) is 3. The maximum Gasteiger partial charge on any atom is 0.247 e. The van der Waals surface area contributed by atoms with Gasteiger partial charge in [-0.15, -0.1) is 0 Å². The Morgan fingerprint density at radius 2 is 1.83 bits per heavy atom. The van der Waals surface area contributed by atoms with Crippen LogP contribution in [-0.4, -0.2) is 29.0 Å². The summed E-state index contributed by atoms with van der Waals surface area (Å²) in [5.41, 5.74) is 0. The minimum absolute atomic E-state index is 0.229. The summed E-state index contributed by atoms with van der Waals surface area (Å²) in [7, 11) is 0. The summed E-state index contributed by atoms with van der Waals surface area (Å²) in [5.74, 6) is 0. The van der Waals surface area contributed by atoms with Crippen molar-refractivity contribution in [1.29, 1.82) is 0 Å². The summed E-state index contributed by atoms with van der Waals surface area (Å²) in [6.07, 6.45) is 0. The second-order valence-corrected chi connectivity index (χ2v) is 5.64. The van der Waals surface area contributed by atoms with Gasteiger partial charge in [0.2, 0.25) is 4.45 Å². The van der Waals surface area contributed by atoms with Gasteiger partial charge in [0.1, 0.15) is 0 Å². The Bertz CT molecular complexity index is 351. The van der Waals surface area contributed by atoms with Crippen LogP contribution in [-0.2, 0) is 0 Å². The Labute approximate surface area is 124 Å². The van der Waals surface area contributed by atoms with E-state index in [1.165, 1.54) is 19.6 Å². The van der Waals surface area contributed by atoms with E-state index < -0.39 is 0 Å². The zero-order valence-corrected chi connectivity index (χ0v) is 13.5. The van der Waals surface area contributed by atoms with Crippen LogP contribution in [0, 0.1) is 0 Å². The Morgan fingerprint density at radius 1 is 1.28 bits per heavy atom. The van der Waals surface area contributed by atoms with Crippen LogP contribution in [0.1, 0.15) is 20.8 Å². The number of halogens is 1. The molecule has 0 heterocycles. The first-order valence-corrected chi connectivity index (χ1v) is 7.56. The second kappa shape index (κ2) is 10.7. The largest absolute Gasteiger partial charge is 0.304 e. The lowest BCUT2D eigenvalue weighted by Gasteiger charge is -2.13. The van der Waals surface area contributed by atoms with E-state index >= 15 is 0 Å². The molecule has 102 valence electrons. The average Bonchev–Trinajstić information content (AvgIpc) is 2.31. The molecule has 0 unspecified atom stereocenters. The topological polar surface area (TPSA) is 20.3 Å². The molecule has 0 bridgehead atoms. The van der Waals surface area contributed by atoms with Gasteiger partial charge in [-0.05, 0) is 49.6 Å². The molecule has 0 aliphatic heterocycles. The molecule has 1 rings (SSSR count). The third kappa shape index (κ3) is 8.86. The van der Waals surface area contributed by atoms with Gasteiger partial charge >= 0.3 is 0 Å². The molecule has 5 heteroatoms. The third-order valence-electron chi connectivity index (χ3n) is 2.34. The zero-order chi connectivity index (χ0) is 14.0. The van der Waals surface area contributed by atoms with Gasteiger partial charge in [-0.3, -0.25) is 4.79 Å². The van der Waals surface area contributed by atoms with Crippen molar-refractivity contribution in [3.05, 3.63) is 29.3 Å². The van der Waals surface area contributed by atoms with Crippen molar-refractivity contribution in [3.8, 4) is 0 Å². The lowest BCUT2D eigenvalue weighted by Crippen LogP contribution is -2.21. The highest BCUT2D eigenvalue weighted by Gasteiger charge is 1.98. The van der Waals surface area contributed by atoms with Gasteiger partial charge < -0.3 is 4.90 Å². The Kier molecular flexibility index (Phi) is 10.6. The molecule has 0 fully saturated rings. The lowest BCUT2D eigenvalue weighted by molar-refractivity contribution is 0.277. The van der Waals surface area contributed by atoms with Crippen LogP contribution < -0.4 is 0 Å². The predicted octanol–water partition coefficient (Wildman–Crippen LogP) is 4.83. The van der Waals surface area contributed by atoms with E-state index in [0.717, 1.165) is 16.7 Å². The lowest BCUT2D eigenvalue weighted by atomic mass is 10.4. The summed E-state index contributed by atoms with van der Waals surface area (Å²) in [4.78, 5) is 13.7. The third-order valence-corrected chi connectivity index (χ3v) is 3.52. The second-order valence-electron chi connectivity index (χ2n) is 3.44. The molecule has 1 aromatic carbocycles. The average molecular weight is 306 g/mol. The molecule has 1 aromatic rings. The SMILES string of the molecule is CCN(CC)CC.O=C(S)Sc1cccc(Cl)c1. The Hall–Kier alpha value is -0.160. The molecule has 0 spiro atoms. The molecule has 0 radical (unpaired) electrons. The summed E-state index contributed by atoms with van der Waals surface area (Å²) in [6, 6.07) is 7.08. The van der Waals surface area contributed by atoms with Gasteiger partial charge in [0, 0.05) is 9.92 Å². The highest BCUT2D eigenvalue weighted by Crippen LogP contribution is 2.23. The molecule has 0 aliphatic carbocycles. The van der Waals surface area contributed by atoms with Crippen LogP contribution >= 0.6 is 36.0 Å². The molecule has 0 aliphatic rings. The number of rotatable bonds is 4. The predicted molar refractivity (Wildman–Crippen MR) is 85.2 cm³/mol. The number of carbonyl (C=O) groups excluding carboxylic acids is 1. The van der Waals surface area contributed by atoms with Crippen LogP contribution in [0.5, 0.6) is 0 Å². The van der Waals surface area contributed by atoms with Gasteiger partial charge in [-0.1, -0.05) is 51.1 Å². The van der Waals surface area contributed by atoms with Crippen LogP contribution in [0.15, 0.2) is 29.2 Å². The van der Waals surface area contributed by atoms with E-state index in [-0.39, 0.29) is 4.45 Å². The van der Waals surface area contributed by atoms with Gasteiger partial charge in [0.25, 0.3) is 0 Å².